The lowest BCUT2D eigenvalue weighted by Gasteiger charge is -2.38. The van der Waals surface area contributed by atoms with E-state index >= 15 is 4.39 Å². The summed E-state index contributed by atoms with van der Waals surface area (Å²) in [5.74, 6) is -0.989. The van der Waals surface area contributed by atoms with Gasteiger partial charge in [-0.25, -0.2) is 14.4 Å². The normalized spacial score (nSPS) is 19.9. The van der Waals surface area contributed by atoms with Crippen LogP contribution in [0, 0.1) is 17.7 Å². The maximum Gasteiger partial charge on any atom is 0.233 e. The van der Waals surface area contributed by atoms with E-state index in [1.165, 1.54) is 0 Å². The number of carbonyl (C=O) groups is 2. The molecule has 3 rings (SSSR count). The standard InChI is InChI=1S/C23H36ClFN6O3/c1-29(2)14-18-9-5-6-10-31(18)21-20(25)19(27-23(24)28-21)12-26-22(33)17(13-30(34)15-32)11-16-7-3-4-8-16/h15-18,34H,3-14H2,1-2H3,(H,26,33)/t17-,18+/m1/s1. The topological polar surface area (TPSA) is 102 Å². The second kappa shape index (κ2) is 12.6. The molecule has 34 heavy (non-hydrogen) atoms. The Balaban J connectivity index is 1.73. The van der Waals surface area contributed by atoms with Gasteiger partial charge in [-0.15, -0.1) is 0 Å². The molecule has 1 saturated carbocycles. The van der Waals surface area contributed by atoms with Gasteiger partial charge in [-0.3, -0.25) is 14.8 Å². The van der Waals surface area contributed by atoms with Crippen LogP contribution in [0.4, 0.5) is 10.2 Å². The van der Waals surface area contributed by atoms with Gasteiger partial charge in [0, 0.05) is 19.1 Å². The van der Waals surface area contributed by atoms with Crippen molar-refractivity contribution in [3.8, 4) is 0 Å². The molecule has 11 heteroatoms. The fraction of sp³-hybridized carbons (Fsp3) is 0.739. The first-order chi connectivity index (χ1) is 16.3. The van der Waals surface area contributed by atoms with Crippen LogP contribution in [0.15, 0.2) is 0 Å². The fourth-order valence-corrected chi connectivity index (χ4v) is 5.33. The summed E-state index contributed by atoms with van der Waals surface area (Å²) in [7, 11) is 3.97. The molecule has 2 fully saturated rings. The van der Waals surface area contributed by atoms with Gasteiger partial charge in [0.1, 0.15) is 5.69 Å². The second-order valence-electron chi connectivity index (χ2n) is 9.71. The number of halogens is 2. The van der Waals surface area contributed by atoms with Crippen molar-refractivity contribution in [3.05, 3.63) is 16.8 Å². The van der Waals surface area contributed by atoms with Crippen molar-refractivity contribution in [2.45, 2.75) is 64.0 Å². The molecule has 1 aromatic heterocycles. The second-order valence-corrected chi connectivity index (χ2v) is 10.0. The number of nitrogens with one attached hydrogen (secondary N) is 1. The van der Waals surface area contributed by atoms with Gasteiger partial charge in [0.15, 0.2) is 11.6 Å². The van der Waals surface area contributed by atoms with Crippen LogP contribution in [0.5, 0.6) is 0 Å². The molecule has 190 valence electrons. The lowest BCUT2D eigenvalue weighted by Crippen LogP contribution is -2.46. The van der Waals surface area contributed by atoms with E-state index in [0.29, 0.717) is 23.9 Å². The third-order valence-corrected chi connectivity index (χ3v) is 6.94. The summed E-state index contributed by atoms with van der Waals surface area (Å²) in [5.41, 5.74) is 0.0217. The summed E-state index contributed by atoms with van der Waals surface area (Å²) in [4.78, 5) is 36.1. The predicted octanol–water partition coefficient (Wildman–Crippen LogP) is 2.85. The van der Waals surface area contributed by atoms with E-state index in [9.17, 15) is 14.8 Å². The number of aromatic nitrogens is 2. The van der Waals surface area contributed by atoms with Crippen molar-refractivity contribution in [3.63, 3.8) is 0 Å². The highest BCUT2D eigenvalue weighted by molar-refractivity contribution is 6.28. The van der Waals surface area contributed by atoms with Crippen LogP contribution in [-0.4, -0.2) is 77.2 Å². The van der Waals surface area contributed by atoms with Crippen LogP contribution in [0.25, 0.3) is 0 Å². The first-order valence-corrected chi connectivity index (χ1v) is 12.5. The van der Waals surface area contributed by atoms with Crippen molar-refractivity contribution in [2.75, 3.05) is 38.6 Å². The summed E-state index contributed by atoms with van der Waals surface area (Å²) in [6, 6.07) is 0.112. The highest BCUT2D eigenvalue weighted by Crippen LogP contribution is 2.31. The molecule has 2 N–H and O–H groups in total. The Morgan fingerprint density at radius 1 is 1.26 bits per heavy atom. The van der Waals surface area contributed by atoms with E-state index in [4.69, 9.17) is 11.6 Å². The molecule has 1 aliphatic heterocycles. The molecule has 2 heterocycles. The number of nitrogens with zero attached hydrogens (tertiary/aromatic N) is 5. The minimum atomic E-state index is -0.593. The zero-order valence-corrected chi connectivity index (χ0v) is 20.8. The molecule has 1 aromatic rings. The molecule has 0 unspecified atom stereocenters. The molecule has 2 aliphatic rings. The van der Waals surface area contributed by atoms with E-state index in [1.807, 2.05) is 19.0 Å². The van der Waals surface area contributed by atoms with E-state index in [1.54, 1.807) is 0 Å². The van der Waals surface area contributed by atoms with Crippen LogP contribution < -0.4 is 10.2 Å². The molecule has 1 aliphatic carbocycles. The number of amides is 2. The highest BCUT2D eigenvalue weighted by atomic mass is 35.5. The van der Waals surface area contributed by atoms with Crippen LogP contribution in [0.2, 0.25) is 5.28 Å². The van der Waals surface area contributed by atoms with Crippen molar-refractivity contribution >= 4 is 29.7 Å². The molecule has 2 amide bonds. The van der Waals surface area contributed by atoms with Gasteiger partial charge in [0.25, 0.3) is 0 Å². The number of rotatable bonds is 11. The molecule has 1 saturated heterocycles. The summed E-state index contributed by atoms with van der Waals surface area (Å²) in [5, 5.41) is 12.8. The van der Waals surface area contributed by atoms with Crippen molar-refractivity contribution in [1.29, 1.82) is 0 Å². The maximum atomic E-state index is 15.5. The van der Waals surface area contributed by atoms with Gasteiger partial charge in [-0.2, -0.15) is 4.98 Å². The Hall–Kier alpha value is -2.04. The van der Waals surface area contributed by atoms with Gasteiger partial charge in [0.05, 0.1) is 19.0 Å². The average Bonchev–Trinajstić information content (AvgIpc) is 3.32. The number of hydrogen-bond acceptors (Lipinski definition) is 7. The Morgan fingerprint density at radius 3 is 2.65 bits per heavy atom. The van der Waals surface area contributed by atoms with Crippen molar-refractivity contribution < 1.29 is 19.2 Å². The van der Waals surface area contributed by atoms with Crippen molar-refractivity contribution in [1.82, 2.24) is 25.2 Å². The molecule has 0 spiro atoms. The smallest absolute Gasteiger partial charge is 0.233 e. The minimum Gasteiger partial charge on any atom is -0.350 e. The highest BCUT2D eigenvalue weighted by Gasteiger charge is 2.30. The number of anilines is 1. The number of piperidine rings is 1. The fourth-order valence-electron chi connectivity index (χ4n) is 5.15. The van der Waals surface area contributed by atoms with E-state index in [-0.39, 0.29) is 48.2 Å². The number of hydroxylamine groups is 2. The number of hydrogen-bond donors (Lipinski definition) is 2. The first-order valence-electron chi connectivity index (χ1n) is 12.1. The number of carbonyl (C=O) groups excluding carboxylic acids is 2. The zero-order valence-electron chi connectivity index (χ0n) is 20.1. The molecule has 0 bridgehead atoms. The van der Waals surface area contributed by atoms with Crippen molar-refractivity contribution in [2.24, 2.45) is 11.8 Å². The van der Waals surface area contributed by atoms with Gasteiger partial charge < -0.3 is 15.1 Å². The van der Waals surface area contributed by atoms with Gasteiger partial charge in [-0.05, 0) is 57.3 Å². The minimum absolute atomic E-state index is 0.0217. The Kier molecular flexibility index (Phi) is 9.85. The van der Waals surface area contributed by atoms with Crippen LogP contribution in [0.1, 0.15) is 57.1 Å². The summed E-state index contributed by atoms with van der Waals surface area (Å²) >= 11 is 6.16. The van der Waals surface area contributed by atoms with Gasteiger partial charge >= 0.3 is 0 Å². The van der Waals surface area contributed by atoms with E-state index in [0.717, 1.165) is 51.5 Å². The monoisotopic (exact) mass is 498 g/mol. The lowest BCUT2D eigenvalue weighted by atomic mass is 9.92. The summed E-state index contributed by atoms with van der Waals surface area (Å²) in [6.45, 7) is 1.18. The first kappa shape index (κ1) is 26.6. The Morgan fingerprint density at radius 2 is 1.97 bits per heavy atom. The molecule has 9 nitrogen and oxygen atoms in total. The maximum absolute atomic E-state index is 15.5. The molecular weight excluding hydrogens is 463 g/mol. The predicted molar refractivity (Wildman–Crippen MR) is 127 cm³/mol. The summed E-state index contributed by atoms with van der Waals surface area (Å²) in [6.07, 6.45) is 8.09. The van der Waals surface area contributed by atoms with Crippen LogP contribution in [-0.2, 0) is 16.1 Å². The van der Waals surface area contributed by atoms with Gasteiger partial charge in [0.2, 0.25) is 17.6 Å². The Bertz CT molecular complexity index is 839. The van der Waals surface area contributed by atoms with Crippen LogP contribution >= 0.6 is 11.6 Å². The quantitative estimate of drug-likeness (QED) is 0.209. The average molecular weight is 499 g/mol. The molecule has 0 aromatic carbocycles. The van der Waals surface area contributed by atoms with E-state index in [2.05, 4.69) is 20.2 Å². The summed E-state index contributed by atoms with van der Waals surface area (Å²) < 4.78 is 15.5. The molecule has 2 atom stereocenters. The molecular formula is C23H36ClFN6O3. The number of likely N-dealkylation sites (N-methyl/N-ethyl adjacent to an activating group) is 1. The Labute approximate surface area is 205 Å². The zero-order chi connectivity index (χ0) is 24.7. The third kappa shape index (κ3) is 7.23. The van der Waals surface area contributed by atoms with Gasteiger partial charge in [-0.1, -0.05) is 25.7 Å². The molecule has 0 radical (unpaired) electrons. The van der Waals surface area contributed by atoms with Crippen LogP contribution in [0.3, 0.4) is 0 Å². The lowest BCUT2D eigenvalue weighted by molar-refractivity contribution is -0.155. The third-order valence-electron chi connectivity index (χ3n) is 6.77. The van der Waals surface area contributed by atoms with E-state index < -0.39 is 11.7 Å². The SMILES string of the molecule is CN(C)C[C@@H]1CCCCN1c1nc(Cl)nc(CNC(=O)[C@H](CC2CCCC2)CN(O)C=O)c1F. The largest absolute Gasteiger partial charge is 0.350 e.